The average Bonchev–Trinajstić information content (AvgIpc) is 3.09. The molecule has 0 aromatic rings. The lowest BCUT2D eigenvalue weighted by Gasteiger charge is -2.56. The summed E-state index contributed by atoms with van der Waals surface area (Å²) in [5.41, 5.74) is 2.34. The molecule has 27 heavy (non-hydrogen) atoms. The first-order valence-electron chi connectivity index (χ1n) is 11.5. The highest BCUT2D eigenvalue weighted by Crippen LogP contribution is 2.74. The Morgan fingerprint density at radius 3 is 2.41 bits per heavy atom. The van der Waals surface area contributed by atoms with Crippen LogP contribution in [0.3, 0.4) is 0 Å². The van der Waals surface area contributed by atoms with E-state index in [2.05, 4.69) is 47.6 Å². The van der Waals surface area contributed by atoms with E-state index in [1.165, 1.54) is 19.3 Å². The molecular weight excluding hydrogens is 332 g/mol. The molecule has 2 nitrogen and oxygen atoms in total. The molecule has 5 aliphatic carbocycles. The maximum Gasteiger partial charge on any atom is 0.0601 e. The highest BCUT2D eigenvalue weighted by molar-refractivity contribution is 5.37. The molecule has 0 radical (unpaired) electrons. The molecule has 0 bridgehead atoms. The minimum Gasteiger partial charge on any atom is -0.393 e. The van der Waals surface area contributed by atoms with E-state index in [0.717, 1.165) is 19.3 Å². The topological polar surface area (TPSA) is 40.5 Å². The molecule has 0 saturated heterocycles. The Kier molecular flexibility index (Phi) is 3.61. The number of aliphatic hydroxyl groups excluding tert-OH is 2. The Morgan fingerprint density at radius 2 is 1.70 bits per heavy atom. The van der Waals surface area contributed by atoms with Crippen LogP contribution in [0.25, 0.3) is 0 Å². The van der Waals surface area contributed by atoms with Crippen LogP contribution in [0.2, 0.25) is 0 Å². The molecule has 4 saturated carbocycles. The van der Waals surface area contributed by atoms with Crippen LogP contribution < -0.4 is 0 Å². The van der Waals surface area contributed by atoms with Crippen molar-refractivity contribution in [2.75, 3.05) is 0 Å². The highest BCUT2D eigenvalue weighted by atomic mass is 16.3. The third-order valence-corrected chi connectivity index (χ3v) is 11.0. The summed E-state index contributed by atoms with van der Waals surface area (Å²) in [4.78, 5) is 0. The third-order valence-electron chi connectivity index (χ3n) is 11.0. The van der Waals surface area contributed by atoms with Crippen molar-refractivity contribution in [1.82, 2.24) is 0 Å². The van der Waals surface area contributed by atoms with E-state index in [1.54, 1.807) is 5.57 Å². The Balaban J connectivity index is 1.64. The number of aliphatic hydroxyl groups is 2. The first-order chi connectivity index (χ1) is 12.4. The van der Waals surface area contributed by atoms with Crippen LogP contribution >= 0.6 is 0 Å². The summed E-state index contributed by atoms with van der Waals surface area (Å²) >= 11 is 0. The molecule has 0 aliphatic heterocycles. The van der Waals surface area contributed by atoms with Gasteiger partial charge in [-0.1, -0.05) is 53.2 Å². The van der Waals surface area contributed by atoms with Crippen LogP contribution in [0.1, 0.15) is 80.1 Å². The van der Waals surface area contributed by atoms with Crippen molar-refractivity contribution in [2.45, 2.75) is 92.3 Å². The fourth-order valence-electron chi connectivity index (χ4n) is 9.52. The molecule has 2 N–H and O–H groups in total. The van der Waals surface area contributed by atoms with Crippen molar-refractivity contribution in [3.05, 3.63) is 11.6 Å². The monoisotopic (exact) mass is 372 g/mol. The molecule has 152 valence electrons. The second kappa shape index (κ2) is 5.22. The van der Waals surface area contributed by atoms with Crippen LogP contribution in [0.5, 0.6) is 0 Å². The maximum absolute atomic E-state index is 11.2. The summed E-state index contributed by atoms with van der Waals surface area (Å²) in [5, 5.41) is 22.2. The van der Waals surface area contributed by atoms with Crippen molar-refractivity contribution in [3.8, 4) is 0 Å². The van der Waals surface area contributed by atoms with Crippen LogP contribution in [-0.2, 0) is 0 Å². The summed E-state index contributed by atoms with van der Waals surface area (Å²) in [6.45, 7) is 14.6. The second-order valence-electron chi connectivity index (χ2n) is 12.6. The molecular formula is C25H40O2. The van der Waals surface area contributed by atoms with E-state index >= 15 is 0 Å². The zero-order chi connectivity index (χ0) is 19.6. The van der Waals surface area contributed by atoms with Gasteiger partial charge in [-0.2, -0.15) is 0 Å². The fraction of sp³-hybridized carbons (Fsp3) is 0.920. The van der Waals surface area contributed by atoms with Gasteiger partial charge in [-0.25, -0.2) is 0 Å². The predicted octanol–water partition coefficient (Wildman–Crippen LogP) is 5.19. The van der Waals surface area contributed by atoms with Gasteiger partial charge in [-0.15, -0.1) is 0 Å². The van der Waals surface area contributed by atoms with Gasteiger partial charge in [0.1, 0.15) is 0 Å². The molecule has 0 unspecified atom stereocenters. The Morgan fingerprint density at radius 1 is 1.00 bits per heavy atom. The highest BCUT2D eigenvalue weighted by Gasteiger charge is 2.69. The average molecular weight is 373 g/mol. The smallest absolute Gasteiger partial charge is 0.0601 e. The Labute approximate surface area is 165 Å². The minimum atomic E-state index is -0.173. The van der Waals surface area contributed by atoms with Gasteiger partial charge in [0.25, 0.3) is 0 Å². The van der Waals surface area contributed by atoms with Gasteiger partial charge in [-0.3, -0.25) is 0 Å². The number of rotatable bonds is 0. The normalized spacial score (nSPS) is 61.0. The number of hydrogen-bond donors (Lipinski definition) is 2. The van der Waals surface area contributed by atoms with Gasteiger partial charge in [-0.05, 0) is 89.8 Å². The van der Waals surface area contributed by atoms with Crippen LogP contribution in [-0.4, -0.2) is 22.4 Å². The first kappa shape index (κ1) is 18.7. The first-order valence-corrected chi connectivity index (χ1v) is 11.5. The third kappa shape index (κ3) is 2.05. The standard InChI is InChI=1S/C25H40O2/c1-14-7-8-16-18(26)11-15-17(25(14,16)6)12-23(4)9-10-24(5)19(27)13-22(2,3)21(24)20(15)23/h12,14-16,18-21,26-27H,7-11,13H2,1-6H3/t14-,15+,16+,18-,19-,20+,21-,23+,24+,25+/m1/s1. The summed E-state index contributed by atoms with van der Waals surface area (Å²) in [7, 11) is 0. The largest absolute Gasteiger partial charge is 0.393 e. The lowest BCUT2D eigenvalue weighted by molar-refractivity contribution is -0.0965. The Hall–Kier alpha value is -0.340. The molecule has 5 rings (SSSR count). The van der Waals surface area contributed by atoms with E-state index in [4.69, 9.17) is 0 Å². The lowest BCUT2D eigenvalue weighted by atomic mass is 9.48. The lowest BCUT2D eigenvalue weighted by Crippen LogP contribution is -2.53. The predicted molar refractivity (Wildman–Crippen MR) is 109 cm³/mol. The van der Waals surface area contributed by atoms with E-state index < -0.39 is 0 Å². The molecule has 4 fully saturated rings. The van der Waals surface area contributed by atoms with Crippen molar-refractivity contribution in [2.24, 2.45) is 51.2 Å². The van der Waals surface area contributed by atoms with Gasteiger partial charge in [0.2, 0.25) is 0 Å². The van der Waals surface area contributed by atoms with Crippen molar-refractivity contribution < 1.29 is 10.2 Å². The van der Waals surface area contributed by atoms with Gasteiger partial charge in [0.05, 0.1) is 12.2 Å². The number of fused-ring (bicyclic) bond motifs is 7. The molecule has 0 spiro atoms. The van der Waals surface area contributed by atoms with Crippen LogP contribution in [0, 0.1) is 51.2 Å². The van der Waals surface area contributed by atoms with E-state index in [-0.39, 0.29) is 33.9 Å². The van der Waals surface area contributed by atoms with E-state index in [9.17, 15) is 10.2 Å². The number of allylic oxidation sites excluding steroid dienone is 2. The van der Waals surface area contributed by atoms with E-state index in [1.807, 2.05) is 0 Å². The number of hydrogen-bond acceptors (Lipinski definition) is 2. The molecule has 2 heteroatoms. The zero-order valence-corrected chi connectivity index (χ0v) is 18.3. The summed E-state index contributed by atoms with van der Waals surface area (Å²) in [5.74, 6) is 2.76. The molecule has 0 amide bonds. The maximum atomic E-state index is 11.2. The Bertz CT molecular complexity index is 694. The van der Waals surface area contributed by atoms with Gasteiger partial charge in [0, 0.05) is 0 Å². The van der Waals surface area contributed by atoms with Crippen LogP contribution in [0.15, 0.2) is 11.6 Å². The molecule has 0 heterocycles. The van der Waals surface area contributed by atoms with E-state index in [0.29, 0.717) is 29.6 Å². The van der Waals surface area contributed by atoms with Gasteiger partial charge < -0.3 is 10.2 Å². The second-order valence-corrected chi connectivity index (χ2v) is 12.6. The molecule has 0 aromatic heterocycles. The quantitative estimate of drug-likeness (QED) is 0.575. The van der Waals surface area contributed by atoms with Gasteiger partial charge in [0.15, 0.2) is 0 Å². The van der Waals surface area contributed by atoms with Gasteiger partial charge >= 0.3 is 0 Å². The molecule has 5 aliphatic rings. The summed E-state index contributed by atoms with van der Waals surface area (Å²) in [6, 6.07) is 0. The fourth-order valence-corrected chi connectivity index (χ4v) is 9.52. The summed E-state index contributed by atoms with van der Waals surface area (Å²) in [6.07, 6.45) is 9.07. The molecule has 10 atom stereocenters. The van der Waals surface area contributed by atoms with Crippen molar-refractivity contribution in [3.63, 3.8) is 0 Å². The molecule has 0 aromatic carbocycles. The minimum absolute atomic E-state index is 0.0426. The summed E-state index contributed by atoms with van der Waals surface area (Å²) < 4.78 is 0. The van der Waals surface area contributed by atoms with Crippen LogP contribution in [0.4, 0.5) is 0 Å². The zero-order valence-electron chi connectivity index (χ0n) is 18.3. The van der Waals surface area contributed by atoms with Crippen molar-refractivity contribution >= 4 is 0 Å². The van der Waals surface area contributed by atoms with Crippen molar-refractivity contribution in [1.29, 1.82) is 0 Å². The SMILES string of the molecule is C[C@@H]1CC[C@H]2[C@H](O)C[C@H]3C(=C[C@]4(C)CC[C@@]5(C)[C@H](O)CC(C)(C)[C@H]5[C@H]34)[C@@]12C.